The molecule has 1 amide bonds. The molecule has 0 aliphatic heterocycles. The number of hydrogen-bond donors (Lipinski definition) is 4. The van der Waals surface area contributed by atoms with E-state index in [4.69, 9.17) is 5.73 Å². The molecule has 5 atom stereocenters. The van der Waals surface area contributed by atoms with Crippen molar-refractivity contribution in [3.63, 3.8) is 0 Å². The minimum absolute atomic E-state index is 0.161. The lowest BCUT2D eigenvalue weighted by Crippen LogP contribution is -2.41. The number of carbonyl (C=O) groups excluding carboxylic acids is 1. The van der Waals surface area contributed by atoms with Crippen molar-refractivity contribution in [1.29, 1.82) is 0 Å². The highest BCUT2D eigenvalue weighted by molar-refractivity contribution is 5.88. The molecule has 0 saturated heterocycles. The van der Waals surface area contributed by atoms with Crippen LogP contribution in [-0.4, -0.2) is 54.9 Å². The number of fused-ring (bicyclic) bond motifs is 2. The molecule has 4 rings (SSSR count). The lowest BCUT2D eigenvalue weighted by atomic mass is 9.98. The van der Waals surface area contributed by atoms with Crippen LogP contribution in [-0.2, 0) is 4.79 Å². The summed E-state index contributed by atoms with van der Waals surface area (Å²) >= 11 is 0. The number of hydrogen-bond acceptors (Lipinski definition) is 7. The molecule has 116 valence electrons. The van der Waals surface area contributed by atoms with Crippen LogP contribution >= 0.6 is 0 Å². The van der Waals surface area contributed by atoms with Crippen molar-refractivity contribution in [2.45, 2.75) is 24.7 Å². The van der Waals surface area contributed by atoms with Crippen LogP contribution in [0, 0.1) is 11.3 Å². The zero-order valence-corrected chi connectivity index (χ0v) is 11.8. The van der Waals surface area contributed by atoms with Gasteiger partial charge in [-0.05, 0) is 6.42 Å². The number of imidazole rings is 1. The lowest BCUT2D eigenvalue weighted by molar-refractivity contribution is -0.132. The summed E-state index contributed by atoms with van der Waals surface area (Å²) in [7, 11) is 1.53. The zero-order chi connectivity index (χ0) is 15.6. The second kappa shape index (κ2) is 4.14. The van der Waals surface area contributed by atoms with E-state index >= 15 is 0 Å². The third-order valence-electron chi connectivity index (χ3n) is 5.03. The van der Waals surface area contributed by atoms with E-state index in [0.29, 0.717) is 17.6 Å². The maximum absolute atomic E-state index is 12.1. The van der Waals surface area contributed by atoms with E-state index in [1.807, 2.05) is 0 Å². The van der Waals surface area contributed by atoms with Crippen molar-refractivity contribution in [3.8, 4) is 0 Å². The maximum Gasteiger partial charge on any atom is 0.229 e. The van der Waals surface area contributed by atoms with Gasteiger partial charge in [0.15, 0.2) is 11.5 Å². The molecule has 9 heteroatoms. The molecule has 0 radical (unpaired) electrons. The molecule has 5 N–H and O–H groups in total. The van der Waals surface area contributed by atoms with E-state index in [1.54, 1.807) is 4.57 Å². The fraction of sp³-hybridized carbons (Fsp3) is 0.538. The monoisotopic (exact) mass is 304 g/mol. The number of carbonyl (C=O) groups is 1. The Morgan fingerprint density at radius 3 is 2.95 bits per heavy atom. The molecule has 2 aliphatic rings. The van der Waals surface area contributed by atoms with Gasteiger partial charge in [0, 0.05) is 13.0 Å². The fourth-order valence-electron chi connectivity index (χ4n) is 3.87. The van der Waals surface area contributed by atoms with Crippen LogP contribution in [0.2, 0.25) is 0 Å². The number of nitrogen functional groups attached to an aromatic ring is 1. The summed E-state index contributed by atoms with van der Waals surface area (Å²) in [4.78, 5) is 24.3. The summed E-state index contributed by atoms with van der Waals surface area (Å²) in [6.07, 6.45) is 1.19. The lowest BCUT2D eigenvalue weighted by Gasteiger charge is -2.23. The fourth-order valence-corrected chi connectivity index (χ4v) is 3.87. The summed E-state index contributed by atoms with van der Waals surface area (Å²) in [5.41, 5.74) is 5.78. The van der Waals surface area contributed by atoms with E-state index in [2.05, 4.69) is 20.3 Å². The Bertz CT molecular complexity index is 776. The van der Waals surface area contributed by atoms with E-state index in [1.165, 1.54) is 19.7 Å². The van der Waals surface area contributed by atoms with Gasteiger partial charge in [-0.15, -0.1) is 0 Å². The predicted octanol–water partition coefficient (Wildman–Crippen LogP) is -1.56. The Kier molecular flexibility index (Phi) is 2.52. The summed E-state index contributed by atoms with van der Waals surface area (Å²) < 4.78 is 1.68. The van der Waals surface area contributed by atoms with Crippen LogP contribution in [0.1, 0.15) is 12.5 Å². The van der Waals surface area contributed by atoms with Crippen molar-refractivity contribution in [2.75, 3.05) is 12.8 Å². The smallest absolute Gasteiger partial charge is 0.229 e. The van der Waals surface area contributed by atoms with E-state index in [0.717, 1.165) is 0 Å². The molecule has 0 unspecified atom stereocenters. The molecular weight excluding hydrogens is 288 g/mol. The largest absolute Gasteiger partial charge is 0.389 e. The molecule has 2 aromatic heterocycles. The minimum atomic E-state index is -1.11. The standard InChI is InChI=1S/C13H16N6O3/c1-15-12(22)13-2-5(13)7(8(20)9(13)21)19-4-18-6-10(14)16-3-17-11(6)19/h3-5,7-9,20-21H,2H2,1H3,(H,15,22)(H2,14,16,17)/t5-,7-,8+,9+,13+/m1/s1. The van der Waals surface area contributed by atoms with Gasteiger partial charge in [0.2, 0.25) is 5.91 Å². The summed E-state index contributed by atoms with van der Waals surface area (Å²) in [5.74, 6) is -0.152. The Hall–Kier alpha value is -2.26. The van der Waals surface area contributed by atoms with Gasteiger partial charge in [0.05, 0.1) is 23.9 Å². The molecule has 0 aromatic carbocycles. The first-order valence-corrected chi connectivity index (χ1v) is 7.03. The number of rotatable bonds is 2. The summed E-state index contributed by atoms with van der Waals surface area (Å²) in [5, 5.41) is 23.3. The van der Waals surface area contributed by atoms with Gasteiger partial charge in [-0.2, -0.15) is 0 Å². The van der Waals surface area contributed by atoms with Crippen LogP contribution in [0.3, 0.4) is 0 Å². The second-order valence-corrected chi connectivity index (χ2v) is 5.94. The van der Waals surface area contributed by atoms with Gasteiger partial charge >= 0.3 is 0 Å². The van der Waals surface area contributed by atoms with Crippen LogP contribution in [0.15, 0.2) is 12.7 Å². The van der Waals surface area contributed by atoms with Crippen molar-refractivity contribution in [1.82, 2.24) is 24.8 Å². The number of nitrogens with zero attached hydrogens (tertiary/aromatic N) is 4. The SMILES string of the molecule is CNC(=O)[C@@]12C[C@@H]1[C@@H](n1cnc3c(N)ncnc31)[C@H](O)[C@@H]2O. The van der Waals surface area contributed by atoms with Gasteiger partial charge in [-0.3, -0.25) is 4.79 Å². The van der Waals surface area contributed by atoms with E-state index in [9.17, 15) is 15.0 Å². The van der Waals surface area contributed by atoms with Crippen LogP contribution in [0.5, 0.6) is 0 Å². The Morgan fingerprint density at radius 2 is 2.23 bits per heavy atom. The van der Waals surface area contributed by atoms with E-state index in [-0.39, 0.29) is 17.6 Å². The third kappa shape index (κ3) is 1.39. The molecule has 2 aromatic rings. The molecule has 2 fully saturated rings. The number of aliphatic hydroxyl groups excluding tert-OH is 2. The molecular formula is C13H16N6O3. The highest BCUT2D eigenvalue weighted by atomic mass is 16.3. The first kappa shape index (κ1) is 13.4. The highest BCUT2D eigenvalue weighted by Crippen LogP contribution is 2.67. The topological polar surface area (TPSA) is 139 Å². The number of amides is 1. The molecule has 2 saturated carbocycles. The summed E-state index contributed by atoms with van der Waals surface area (Å²) in [6, 6.07) is -0.466. The molecule has 2 heterocycles. The Morgan fingerprint density at radius 1 is 1.45 bits per heavy atom. The minimum Gasteiger partial charge on any atom is -0.389 e. The third-order valence-corrected chi connectivity index (χ3v) is 5.03. The predicted molar refractivity (Wildman–Crippen MR) is 75.4 cm³/mol. The van der Waals surface area contributed by atoms with Gasteiger partial charge < -0.3 is 25.8 Å². The first-order valence-electron chi connectivity index (χ1n) is 7.03. The van der Waals surface area contributed by atoms with Crippen molar-refractivity contribution >= 4 is 22.9 Å². The van der Waals surface area contributed by atoms with Crippen LogP contribution < -0.4 is 11.1 Å². The van der Waals surface area contributed by atoms with E-state index < -0.39 is 23.7 Å². The van der Waals surface area contributed by atoms with Crippen LogP contribution in [0.25, 0.3) is 11.2 Å². The maximum atomic E-state index is 12.1. The Labute approximate surface area is 125 Å². The highest BCUT2D eigenvalue weighted by Gasteiger charge is 2.75. The first-order chi connectivity index (χ1) is 10.5. The number of aliphatic hydroxyl groups is 2. The van der Waals surface area contributed by atoms with Crippen molar-refractivity contribution in [3.05, 3.63) is 12.7 Å². The normalized spacial score (nSPS) is 36.3. The molecule has 2 aliphatic carbocycles. The summed E-state index contributed by atoms with van der Waals surface area (Å²) in [6.45, 7) is 0. The quantitative estimate of drug-likeness (QED) is 0.526. The van der Waals surface area contributed by atoms with Crippen molar-refractivity contribution < 1.29 is 15.0 Å². The average molecular weight is 304 g/mol. The zero-order valence-electron chi connectivity index (χ0n) is 11.8. The molecule has 9 nitrogen and oxygen atoms in total. The van der Waals surface area contributed by atoms with Gasteiger partial charge in [0.25, 0.3) is 0 Å². The van der Waals surface area contributed by atoms with Crippen LogP contribution in [0.4, 0.5) is 5.82 Å². The second-order valence-electron chi connectivity index (χ2n) is 5.94. The van der Waals surface area contributed by atoms with Gasteiger partial charge in [-0.25, -0.2) is 15.0 Å². The van der Waals surface area contributed by atoms with Gasteiger partial charge in [-0.1, -0.05) is 0 Å². The average Bonchev–Trinajstić information content (AvgIpc) is 3.04. The number of nitrogens with one attached hydrogen (secondary N) is 1. The van der Waals surface area contributed by atoms with Gasteiger partial charge in [0.1, 0.15) is 17.9 Å². The number of anilines is 1. The Balaban J connectivity index is 1.80. The molecule has 0 spiro atoms. The number of aromatic nitrogens is 4. The van der Waals surface area contributed by atoms with Crippen molar-refractivity contribution in [2.24, 2.45) is 11.3 Å². The molecule has 22 heavy (non-hydrogen) atoms. The number of nitrogens with two attached hydrogens (primary N) is 1. The molecule has 0 bridgehead atoms.